The van der Waals surface area contributed by atoms with Crippen LogP contribution in [0, 0.1) is 5.92 Å². The minimum absolute atomic E-state index is 0.121. The third-order valence-corrected chi connectivity index (χ3v) is 6.12. The predicted molar refractivity (Wildman–Crippen MR) is 111 cm³/mol. The van der Waals surface area contributed by atoms with Gasteiger partial charge in [-0.05, 0) is 38.3 Å². The molecule has 26 heavy (non-hydrogen) atoms. The van der Waals surface area contributed by atoms with E-state index in [2.05, 4.69) is 35.5 Å². The van der Waals surface area contributed by atoms with Crippen molar-refractivity contribution in [3.05, 3.63) is 29.6 Å². The summed E-state index contributed by atoms with van der Waals surface area (Å²) in [6, 6.07) is 8.01. The molecule has 1 amide bonds. The van der Waals surface area contributed by atoms with E-state index in [1.165, 1.54) is 25.7 Å². The highest BCUT2D eigenvalue weighted by Crippen LogP contribution is 2.30. The van der Waals surface area contributed by atoms with E-state index in [0.717, 1.165) is 47.5 Å². The number of nitrogens with zero attached hydrogens (tertiary/aromatic N) is 2. The maximum Gasteiger partial charge on any atom is 0.224 e. The number of benzene rings is 1. The molecule has 0 saturated heterocycles. The van der Waals surface area contributed by atoms with Crippen LogP contribution >= 0.6 is 11.3 Å². The highest BCUT2D eigenvalue weighted by Gasteiger charge is 2.16. The Labute approximate surface area is 160 Å². The summed E-state index contributed by atoms with van der Waals surface area (Å²) in [4.78, 5) is 19.3. The number of hydrogen-bond donors (Lipinski definition) is 1. The second-order valence-electron chi connectivity index (χ2n) is 7.01. The standard InChI is InChI=1S/C21H29N3OS/c1-3-24(4-2)21-23-19(15-26-21)17-10-7-11-18(14-17)22-20(25)13-12-16-8-5-6-9-16/h7,10-11,14-16H,3-6,8-9,12-13H2,1-2H3,(H,22,25). The Morgan fingerprint density at radius 2 is 2.04 bits per heavy atom. The number of hydrogen-bond acceptors (Lipinski definition) is 4. The summed E-state index contributed by atoms with van der Waals surface area (Å²) in [5, 5.41) is 6.20. The molecule has 1 N–H and O–H groups in total. The van der Waals surface area contributed by atoms with Gasteiger partial charge >= 0.3 is 0 Å². The van der Waals surface area contributed by atoms with Crippen LogP contribution in [0.25, 0.3) is 11.3 Å². The minimum Gasteiger partial charge on any atom is -0.349 e. The molecule has 0 spiro atoms. The third-order valence-electron chi connectivity index (χ3n) is 5.22. The van der Waals surface area contributed by atoms with Gasteiger partial charge in [-0.3, -0.25) is 4.79 Å². The fourth-order valence-electron chi connectivity index (χ4n) is 3.65. The molecule has 4 nitrogen and oxygen atoms in total. The van der Waals surface area contributed by atoms with Crippen molar-refractivity contribution in [3.8, 4) is 11.3 Å². The second kappa shape index (κ2) is 9.17. The Kier molecular flexibility index (Phi) is 6.67. The van der Waals surface area contributed by atoms with Gasteiger partial charge in [0.1, 0.15) is 0 Å². The van der Waals surface area contributed by atoms with Gasteiger partial charge < -0.3 is 10.2 Å². The molecule has 5 heteroatoms. The number of nitrogens with one attached hydrogen (secondary N) is 1. The topological polar surface area (TPSA) is 45.2 Å². The molecule has 1 aliphatic rings. The maximum atomic E-state index is 12.3. The fraction of sp³-hybridized carbons (Fsp3) is 0.524. The summed E-state index contributed by atoms with van der Waals surface area (Å²) >= 11 is 1.67. The lowest BCUT2D eigenvalue weighted by Gasteiger charge is -2.16. The molecule has 0 atom stereocenters. The van der Waals surface area contributed by atoms with Gasteiger partial charge in [-0.15, -0.1) is 11.3 Å². The molecule has 1 saturated carbocycles. The van der Waals surface area contributed by atoms with E-state index in [1.54, 1.807) is 11.3 Å². The number of carbonyl (C=O) groups excluding carboxylic acids is 1. The number of carbonyl (C=O) groups is 1. The number of amides is 1. The first kappa shape index (κ1) is 18.9. The lowest BCUT2D eigenvalue weighted by Crippen LogP contribution is -2.21. The predicted octanol–water partition coefficient (Wildman–Crippen LogP) is 5.57. The zero-order chi connectivity index (χ0) is 18.4. The molecule has 1 fully saturated rings. The van der Waals surface area contributed by atoms with E-state index in [0.29, 0.717) is 6.42 Å². The normalized spacial score (nSPS) is 14.5. The van der Waals surface area contributed by atoms with Crippen LogP contribution in [0.5, 0.6) is 0 Å². The summed E-state index contributed by atoms with van der Waals surface area (Å²) in [5.74, 6) is 0.872. The van der Waals surface area contributed by atoms with Crippen molar-refractivity contribution in [2.45, 2.75) is 52.4 Å². The summed E-state index contributed by atoms with van der Waals surface area (Å²) in [5.41, 5.74) is 2.88. The van der Waals surface area contributed by atoms with Crippen molar-refractivity contribution in [3.63, 3.8) is 0 Å². The second-order valence-corrected chi connectivity index (χ2v) is 7.84. The van der Waals surface area contributed by atoms with Gasteiger partial charge in [-0.25, -0.2) is 4.98 Å². The number of thiazole rings is 1. The molecule has 1 heterocycles. The molecule has 0 unspecified atom stereocenters. The molecule has 1 aliphatic carbocycles. The van der Waals surface area contributed by atoms with Gasteiger partial charge in [-0.2, -0.15) is 0 Å². The number of anilines is 2. The van der Waals surface area contributed by atoms with Crippen molar-refractivity contribution in [2.75, 3.05) is 23.3 Å². The van der Waals surface area contributed by atoms with Crippen LogP contribution in [0.1, 0.15) is 52.4 Å². The summed E-state index contributed by atoms with van der Waals surface area (Å²) in [7, 11) is 0. The van der Waals surface area contributed by atoms with Gasteiger partial charge in [0.05, 0.1) is 5.69 Å². The number of rotatable bonds is 8. The molecule has 1 aromatic heterocycles. The van der Waals surface area contributed by atoms with E-state index in [-0.39, 0.29) is 5.91 Å². The van der Waals surface area contributed by atoms with Gasteiger partial charge in [0, 0.05) is 36.1 Å². The molecule has 0 bridgehead atoms. The molecule has 0 radical (unpaired) electrons. The van der Waals surface area contributed by atoms with Gasteiger partial charge in [0.2, 0.25) is 5.91 Å². The molecule has 0 aliphatic heterocycles. The van der Waals surface area contributed by atoms with Crippen LogP contribution in [-0.4, -0.2) is 24.0 Å². The van der Waals surface area contributed by atoms with Crippen molar-refractivity contribution < 1.29 is 4.79 Å². The molecular formula is C21H29N3OS. The Morgan fingerprint density at radius 3 is 2.77 bits per heavy atom. The lowest BCUT2D eigenvalue weighted by atomic mass is 10.0. The van der Waals surface area contributed by atoms with Crippen molar-refractivity contribution in [1.82, 2.24) is 4.98 Å². The Morgan fingerprint density at radius 1 is 1.27 bits per heavy atom. The average Bonchev–Trinajstić information content (AvgIpc) is 3.34. The third kappa shape index (κ3) is 4.85. The lowest BCUT2D eigenvalue weighted by molar-refractivity contribution is -0.116. The Hall–Kier alpha value is -1.88. The molecule has 2 aromatic rings. The van der Waals surface area contributed by atoms with Gasteiger partial charge in [-0.1, -0.05) is 37.8 Å². The fourth-order valence-corrected chi connectivity index (χ4v) is 4.61. The first-order valence-corrected chi connectivity index (χ1v) is 10.7. The van der Waals surface area contributed by atoms with Crippen LogP contribution < -0.4 is 10.2 Å². The maximum absolute atomic E-state index is 12.3. The first-order chi connectivity index (χ1) is 12.7. The zero-order valence-corrected chi connectivity index (χ0v) is 16.6. The zero-order valence-electron chi connectivity index (χ0n) is 15.8. The van der Waals surface area contributed by atoms with Gasteiger partial charge in [0.15, 0.2) is 5.13 Å². The largest absolute Gasteiger partial charge is 0.349 e. The Balaban J connectivity index is 1.61. The summed E-state index contributed by atoms with van der Waals surface area (Å²) < 4.78 is 0. The summed E-state index contributed by atoms with van der Waals surface area (Å²) in [6.07, 6.45) is 6.89. The van der Waals surface area contributed by atoms with E-state index in [9.17, 15) is 4.79 Å². The first-order valence-electron chi connectivity index (χ1n) is 9.80. The number of aromatic nitrogens is 1. The molecule has 1 aromatic carbocycles. The highest BCUT2D eigenvalue weighted by molar-refractivity contribution is 7.14. The van der Waals surface area contributed by atoms with Crippen LogP contribution in [0.4, 0.5) is 10.8 Å². The van der Waals surface area contributed by atoms with E-state index >= 15 is 0 Å². The van der Waals surface area contributed by atoms with Crippen molar-refractivity contribution >= 4 is 28.1 Å². The van der Waals surface area contributed by atoms with E-state index in [1.807, 2.05) is 18.2 Å². The molecule has 140 valence electrons. The smallest absolute Gasteiger partial charge is 0.224 e. The van der Waals surface area contributed by atoms with Gasteiger partial charge in [0.25, 0.3) is 0 Å². The average molecular weight is 372 g/mol. The minimum atomic E-state index is 0.121. The quantitative estimate of drug-likeness (QED) is 0.660. The Bertz CT molecular complexity index is 718. The van der Waals surface area contributed by atoms with Crippen molar-refractivity contribution in [2.24, 2.45) is 5.92 Å². The van der Waals surface area contributed by atoms with Crippen LogP contribution in [0.15, 0.2) is 29.6 Å². The van der Waals surface area contributed by atoms with E-state index < -0.39 is 0 Å². The van der Waals surface area contributed by atoms with Crippen LogP contribution in [0.3, 0.4) is 0 Å². The monoisotopic (exact) mass is 371 g/mol. The highest BCUT2D eigenvalue weighted by atomic mass is 32.1. The summed E-state index contributed by atoms with van der Waals surface area (Å²) in [6.45, 7) is 6.21. The van der Waals surface area contributed by atoms with Crippen LogP contribution in [0.2, 0.25) is 0 Å². The van der Waals surface area contributed by atoms with E-state index in [4.69, 9.17) is 4.98 Å². The SMILES string of the molecule is CCN(CC)c1nc(-c2cccc(NC(=O)CCC3CCCC3)c2)cs1. The molecular weight excluding hydrogens is 342 g/mol. The van der Waals surface area contributed by atoms with Crippen LogP contribution in [-0.2, 0) is 4.79 Å². The van der Waals surface area contributed by atoms with Crippen molar-refractivity contribution in [1.29, 1.82) is 0 Å². The molecule has 3 rings (SSSR count).